The molecule has 25 heavy (non-hydrogen) atoms. The van der Waals surface area contributed by atoms with Crippen molar-refractivity contribution in [1.82, 2.24) is 14.7 Å². The number of piperazine rings is 1. The SMILES string of the molecule is CCC1CC(c2ccc(Cl)cc2)(N(C)C)CCC1N1CCN(C)CC1. The Morgan fingerprint density at radius 3 is 2.32 bits per heavy atom. The Morgan fingerprint density at radius 2 is 1.76 bits per heavy atom. The third kappa shape index (κ3) is 3.90. The molecular formula is C21H34ClN3. The van der Waals surface area contributed by atoms with Gasteiger partial charge in [-0.2, -0.15) is 0 Å². The van der Waals surface area contributed by atoms with E-state index < -0.39 is 0 Å². The molecule has 0 amide bonds. The van der Waals surface area contributed by atoms with Crippen molar-refractivity contribution < 1.29 is 0 Å². The van der Waals surface area contributed by atoms with Crippen LogP contribution < -0.4 is 0 Å². The van der Waals surface area contributed by atoms with Crippen LogP contribution in [0.2, 0.25) is 5.02 Å². The van der Waals surface area contributed by atoms with Crippen molar-refractivity contribution in [1.29, 1.82) is 0 Å². The third-order valence-corrected chi connectivity index (χ3v) is 7.02. The highest BCUT2D eigenvalue weighted by atomic mass is 35.5. The van der Waals surface area contributed by atoms with Crippen molar-refractivity contribution >= 4 is 11.6 Å². The number of nitrogens with zero attached hydrogens (tertiary/aromatic N) is 3. The van der Waals surface area contributed by atoms with Crippen molar-refractivity contribution in [3.8, 4) is 0 Å². The Balaban J connectivity index is 1.81. The lowest BCUT2D eigenvalue weighted by Crippen LogP contribution is -2.56. The van der Waals surface area contributed by atoms with Crippen LogP contribution in [0.25, 0.3) is 0 Å². The largest absolute Gasteiger partial charge is 0.304 e. The van der Waals surface area contributed by atoms with E-state index in [4.69, 9.17) is 11.6 Å². The van der Waals surface area contributed by atoms with Gasteiger partial charge in [-0.1, -0.05) is 37.1 Å². The normalized spacial score (nSPS) is 32.2. The fourth-order valence-corrected chi connectivity index (χ4v) is 5.16. The summed E-state index contributed by atoms with van der Waals surface area (Å²) < 4.78 is 0. The lowest BCUT2D eigenvalue weighted by atomic mass is 9.67. The Morgan fingerprint density at radius 1 is 1.12 bits per heavy atom. The Labute approximate surface area is 158 Å². The number of halogens is 1. The number of likely N-dealkylation sites (N-methyl/N-ethyl adjacent to an activating group) is 1. The van der Waals surface area contributed by atoms with Crippen LogP contribution in [0.4, 0.5) is 0 Å². The zero-order chi connectivity index (χ0) is 18.0. The van der Waals surface area contributed by atoms with Gasteiger partial charge in [0.1, 0.15) is 0 Å². The van der Waals surface area contributed by atoms with E-state index in [2.05, 4.69) is 67.0 Å². The van der Waals surface area contributed by atoms with Crippen molar-refractivity contribution in [2.24, 2.45) is 5.92 Å². The molecule has 1 aromatic carbocycles. The monoisotopic (exact) mass is 363 g/mol. The molecule has 3 atom stereocenters. The van der Waals surface area contributed by atoms with Crippen LogP contribution in [0.15, 0.2) is 24.3 Å². The highest BCUT2D eigenvalue weighted by molar-refractivity contribution is 6.30. The van der Waals surface area contributed by atoms with Gasteiger partial charge in [-0.25, -0.2) is 0 Å². The molecule has 1 aliphatic heterocycles. The summed E-state index contributed by atoms with van der Waals surface area (Å²) in [5.41, 5.74) is 1.58. The van der Waals surface area contributed by atoms with Crippen LogP contribution in [0.3, 0.4) is 0 Å². The van der Waals surface area contributed by atoms with Crippen molar-refractivity contribution in [2.45, 2.75) is 44.2 Å². The number of rotatable bonds is 4. The average molecular weight is 364 g/mol. The van der Waals surface area contributed by atoms with Gasteiger partial charge in [0.2, 0.25) is 0 Å². The molecule has 2 aliphatic rings. The molecule has 0 bridgehead atoms. The smallest absolute Gasteiger partial charge is 0.0458 e. The summed E-state index contributed by atoms with van der Waals surface area (Å²) in [7, 11) is 6.74. The van der Waals surface area contributed by atoms with E-state index in [0.717, 1.165) is 17.0 Å². The van der Waals surface area contributed by atoms with E-state index in [1.807, 2.05) is 0 Å². The quantitative estimate of drug-likeness (QED) is 0.802. The number of hydrogen-bond donors (Lipinski definition) is 0. The zero-order valence-corrected chi connectivity index (χ0v) is 17.1. The van der Waals surface area contributed by atoms with Crippen LogP contribution in [0.1, 0.15) is 38.2 Å². The van der Waals surface area contributed by atoms with Crippen LogP contribution in [0.5, 0.6) is 0 Å². The molecule has 1 aliphatic carbocycles. The maximum atomic E-state index is 6.14. The molecule has 140 valence electrons. The van der Waals surface area contributed by atoms with Crippen LogP contribution in [-0.4, -0.2) is 68.1 Å². The van der Waals surface area contributed by atoms with Gasteiger partial charge in [0.15, 0.2) is 0 Å². The predicted molar refractivity (Wildman–Crippen MR) is 107 cm³/mol. The summed E-state index contributed by atoms with van der Waals surface area (Å²) in [6, 6.07) is 9.33. The first kappa shape index (κ1) is 19.2. The topological polar surface area (TPSA) is 9.72 Å². The summed E-state index contributed by atoms with van der Waals surface area (Å²) in [5.74, 6) is 0.759. The zero-order valence-electron chi connectivity index (χ0n) is 16.3. The Kier molecular flexibility index (Phi) is 6.10. The van der Waals surface area contributed by atoms with E-state index in [0.29, 0.717) is 0 Å². The van der Waals surface area contributed by atoms with Crippen molar-refractivity contribution in [3.63, 3.8) is 0 Å². The summed E-state index contributed by atoms with van der Waals surface area (Å²) in [4.78, 5) is 7.69. The molecule has 3 rings (SSSR count). The first-order valence-corrected chi connectivity index (χ1v) is 10.2. The second kappa shape index (κ2) is 7.96. The maximum absolute atomic E-state index is 6.14. The fourth-order valence-electron chi connectivity index (χ4n) is 5.03. The Bertz CT molecular complexity index is 551. The maximum Gasteiger partial charge on any atom is 0.0458 e. The fraction of sp³-hybridized carbons (Fsp3) is 0.714. The third-order valence-electron chi connectivity index (χ3n) is 6.77. The van der Waals surface area contributed by atoms with Gasteiger partial charge >= 0.3 is 0 Å². The van der Waals surface area contributed by atoms with Gasteiger partial charge in [-0.3, -0.25) is 9.80 Å². The van der Waals surface area contributed by atoms with Crippen LogP contribution >= 0.6 is 11.6 Å². The van der Waals surface area contributed by atoms with Gasteiger partial charge in [-0.05, 0) is 64.0 Å². The first-order valence-electron chi connectivity index (χ1n) is 9.82. The molecule has 1 aromatic rings. The van der Waals surface area contributed by atoms with Gasteiger partial charge < -0.3 is 4.90 Å². The van der Waals surface area contributed by atoms with Gasteiger partial charge in [0, 0.05) is 42.8 Å². The van der Waals surface area contributed by atoms with Crippen molar-refractivity contribution in [3.05, 3.63) is 34.9 Å². The van der Waals surface area contributed by atoms with Crippen LogP contribution in [-0.2, 0) is 5.54 Å². The van der Waals surface area contributed by atoms with E-state index in [9.17, 15) is 0 Å². The number of hydrogen-bond acceptors (Lipinski definition) is 3. The summed E-state index contributed by atoms with van der Waals surface area (Å²) in [6.07, 6.45) is 5.04. The average Bonchev–Trinajstić information content (AvgIpc) is 2.62. The highest BCUT2D eigenvalue weighted by Crippen LogP contribution is 2.46. The summed E-state index contributed by atoms with van der Waals surface area (Å²) in [6.45, 7) is 7.26. The minimum absolute atomic E-state index is 0.147. The van der Waals surface area contributed by atoms with Gasteiger partial charge in [-0.15, -0.1) is 0 Å². The molecule has 4 heteroatoms. The number of benzene rings is 1. The molecule has 0 N–H and O–H groups in total. The molecular weight excluding hydrogens is 330 g/mol. The highest BCUT2D eigenvalue weighted by Gasteiger charge is 2.44. The minimum Gasteiger partial charge on any atom is -0.304 e. The molecule has 0 spiro atoms. The molecule has 0 radical (unpaired) electrons. The summed E-state index contributed by atoms with van der Waals surface area (Å²) >= 11 is 6.14. The molecule has 3 unspecified atom stereocenters. The van der Waals surface area contributed by atoms with Gasteiger partial charge in [0.25, 0.3) is 0 Å². The van der Waals surface area contributed by atoms with E-state index >= 15 is 0 Å². The standard InChI is InChI=1S/C21H34ClN3/c1-5-17-16-21(23(2)3,18-6-8-19(22)9-7-18)11-10-20(17)25-14-12-24(4)13-15-25/h6-9,17,20H,5,10-16H2,1-4H3. The Hall–Kier alpha value is -0.610. The second-order valence-corrected chi connectivity index (χ2v) is 8.69. The predicted octanol–water partition coefficient (Wildman–Crippen LogP) is 3.92. The molecule has 0 aromatic heterocycles. The van der Waals surface area contributed by atoms with E-state index in [1.54, 1.807) is 0 Å². The summed E-state index contributed by atoms with van der Waals surface area (Å²) in [5, 5.41) is 0.829. The minimum atomic E-state index is 0.147. The molecule has 1 saturated carbocycles. The molecule has 1 heterocycles. The van der Waals surface area contributed by atoms with Gasteiger partial charge in [0.05, 0.1) is 0 Å². The molecule has 2 fully saturated rings. The van der Waals surface area contributed by atoms with Crippen molar-refractivity contribution in [2.75, 3.05) is 47.3 Å². The van der Waals surface area contributed by atoms with E-state index in [1.165, 1.54) is 57.4 Å². The lowest BCUT2D eigenvalue weighted by molar-refractivity contribution is -0.00764. The van der Waals surface area contributed by atoms with E-state index in [-0.39, 0.29) is 5.54 Å². The second-order valence-electron chi connectivity index (χ2n) is 8.25. The lowest BCUT2D eigenvalue weighted by Gasteiger charge is -2.52. The van der Waals surface area contributed by atoms with Crippen LogP contribution in [0, 0.1) is 5.92 Å². The molecule has 1 saturated heterocycles. The molecule has 3 nitrogen and oxygen atoms in total. The first-order chi connectivity index (χ1) is 12.0.